The van der Waals surface area contributed by atoms with Crippen LogP contribution in [0.1, 0.15) is 28.8 Å². The number of carbonyl (C=O) groups is 2. The molecule has 0 atom stereocenters. The van der Waals surface area contributed by atoms with E-state index in [9.17, 15) is 19.7 Å². The number of likely N-dealkylation sites (tertiary alicyclic amines) is 1. The highest BCUT2D eigenvalue weighted by Crippen LogP contribution is 2.34. The molecule has 8 nitrogen and oxygen atoms in total. The molecule has 30 heavy (non-hydrogen) atoms. The average molecular weight is 474 g/mol. The molecule has 0 bridgehead atoms. The summed E-state index contributed by atoms with van der Waals surface area (Å²) in [7, 11) is 0. The molecule has 0 saturated carbocycles. The lowest BCUT2D eigenvalue weighted by Crippen LogP contribution is -2.48. The largest absolute Gasteiger partial charge is 0.441 e. The normalized spacial score (nSPS) is 17.8. The summed E-state index contributed by atoms with van der Waals surface area (Å²) >= 11 is 3.44. The average Bonchev–Trinajstić information content (AvgIpc) is 3.02. The third-order valence-corrected chi connectivity index (χ3v) is 6.08. The SMILES string of the molecule is O=C1OC2(CCN(C(=O)c3ccc([N+](=O)[O-])cc3)CC2)CN1Cc1cccc(Br)c1. The summed E-state index contributed by atoms with van der Waals surface area (Å²) in [6.45, 7) is 1.91. The third-order valence-electron chi connectivity index (χ3n) is 5.59. The predicted molar refractivity (Wildman–Crippen MR) is 112 cm³/mol. The number of halogens is 1. The topological polar surface area (TPSA) is 93.0 Å². The molecule has 4 rings (SSSR count). The number of ether oxygens (including phenoxy) is 1. The zero-order valence-electron chi connectivity index (χ0n) is 16.1. The van der Waals surface area contributed by atoms with Crippen molar-refractivity contribution in [3.63, 3.8) is 0 Å². The van der Waals surface area contributed by atoms with E-state index in [1.54, 1.807) is 9.80 Å². The minimum atomic E-state index is -0.574. The maximum Gasteiger partial charge on any atom is 0.410 e. The smallest absolute Gasteiger partial charge is 0.410 e. The molecule has 156 valence electrons. The molecule has 2 amide bonds. The van der Waals surface area contributed by atoms with Gasteiger partial charge in [-0.05, 0) is 29.8 Å². The van der Waals surface area contributed by atoms with Crippen LogP contribution >= 0.6 is 15.9 Å². The van der Waals surface area contributed by atoms with Crippen LogP contribution in [-0.4, -0.2) is 52.0 Å². The number of nitro groups is 1. The van der Waals surface area contributed by atoms with Gasteiger partial charge in [-0.25, -0.2) is 4.79 Å². The number of non-ortho nitro benzene ring substituents is 1. The Kier molecular flexibility index (Phi) is 5.46. The molecule has 0 aromatic heterocycles. The molecule has 2 fully saturated rings. The molecule has 9 heteroatoms. The summed E-state index contributed by atoms with van der Waals surface area (Å²) in [6.07, 6.45) is 0.795. The Balaban J connectivity index is 1.37. The summed E-state index contributed by atoms with van der Waals surface area (Å²) in [6, 6.07) is 13.4. The minimum absolute atomic E-state index is 0.0486. The van der Waals surface area contributed by atoms with Gasteiger partial charge in [0, 0.05) is 54.6 Å². The van der Waals surface area contributed by atoms with Crippen LogP contribution in [0.3, 0.4) is 0 Å². The van der Waals surface area contributed by atoms with Crippen LogP contribution in [0.25, 0.3) is 0 Å². The molecule has 0 aliphatic carbocycles. The van der Waals surface area contributed by atoms with Crippen LogP contribution in [0.5, 0.6) is 0 Å². The van der Waals surface area contributed by atoms with Crippen molar-refractivity contribution in [3.05, 3.63) is 74.2 Å². The molecule has 2 saturated heterocycles. The zero-order chi connectivity index (χ0) is 21.3. The van der Waals surface area contributed by atoms with Gasteiger partial charge in [0.1, 0.15) is 5.60 Å². The first kappa shape index (κ1) is 20.3. The van der Waals surface area contributed by atoms with Crippen molar-refractivity contribution in [1.29, 1.82) is 0 Å². The molecule has 2 aromatic carbocycles. The summed E-state index contributed by atoms with van der Waals surface area (Å²) in [4.78, 5) is 38.8. The quantitative estimate of drug-likeness (QED) is 0.494. The highest BCUT2D eigenvalue weighted by atomic mass is 79.9. The van der Waals surface area contributed by atoms with Gasteiger partial charge in [-0.2, -0.15) is 0 Å². The fraction of sp³-hybridized carbons (Fsp3) is 0.333. The van der Waals surface area contributed by atoms with E-state index in [0.29, 0.717) is 44.6 Å². The zero-order valence-corrected chi connectivity index (χ0v) is 17.7. The van der Waals surface area contributed by atoms with Crippen LogP contribution in [0.2, 0.25) is 0 Å². The van der Waals surface area contributed by atoms with Gasteiger partial charge in [0.2, 0.25) is 0 Å². The minimum Gasteiger partial charge on any atom is -0.441 e. The van der Waals surface area contributed by atoms with Gasteiger partial charge in [-0.1, -0.05) is 28.1 Å². The van der Waals surface area contributed by atoms with E-state index in [-0.39, 0.29) is 17.7 Å². The number of amides is 2. The van der Waals surface area contributed by atoms with E-state index in [1.807, 2.05) is 24.3 Å². The molecular weight excluding hydrogens is 454 g/mol. The Morgan fingerprint density at radius 1 is 1.17 bits per heavy atom. The molecule has 0 N–H and O–H groups in total. The van der Waals surface area contributed by atoms with Gasteiger partial charge in [0.25, 0.3) is 11.6 Å². The summed E-state index contributed by atoms with van der Waals surface area (Å²) in [5.41, 5.74) is 0.808. The van der Waals surface area contributed by atoms with Gasteiger partial charge < -0.3 is 9.64 Å². The Morgan fingerprint density at radius 2 is 1.87 bits per heavy atom. The highest BCUT2D eigenvalue weighted by Gasteiger charge is 2.47. The molecule has 2 heterocycles. The van der Waals surface area contributed by atoms with E-state index in [1.165, 1.54) is 24.3 Å². The summed E-state index contributed by atoms with van der Waals surface area (Å²) in [5.74, 6) is -0.171. The van der Waals surface area contributed by atoms with Crippen molar-refractivity contribution in [1.82, 2.24) is 9.80 Å². The van der Waals surface area contributed by atoms with Crippen LogP contribution < -0.4 is 0 Å². The van der Waals surface area contributed by atoms with Crippen molar-refractivity contribution < 1.29 is 19.2 Å². The molecule has 2 aromatic rings. The number of hydrogen-bond acceptors (Lipinski definition) is 5. The molecule has 1 spiro atoms. The monoisotopic (exact) mass is 473 g/mol. The number of nitro benzene ring substituents is 1. The fourth-order valence-electron chi connectivity index (χ4n) is 3.96. The number of benzene rings is 2. The second-order valence-electron chi connectivity index (χ2n) is 7.63. The van der Waals surface area contributed by atoms with Gasteiger partial charge >= 0.3 is 6.09 Å². The first-order valence-electron chi connectivity index (χ1n) is 9.61. The molecular formula is C21H20BrN3O5. The van der Waals surface area contributed by atoms with Crippen LogP contribution in [0.15, 0.2) is 53.0 Å². The first-order chi connectivity index (χ1) is 14.3. The molecule has 0 radical (unpaired) electrons. The van der Waals surface area contributed by atoms with Crippen LogP contribution in [-0.2, 0) is 11.3 Å². The van der Waals surface area contributed by atoms with Crippen molar-refractivity contribution >= 4 is 33.6 Å². The number of piperidine rings is 1. The number of rotatable bonds is 4. The lowest BCUT2D eigenvalue weighted by molar-refractivity contribution is -0.384. The van der Waals surface area contributed by atoms with Crippen molar-refractivity contribution in [2.24, 2.45) is 0 Å². The Bertz CT molecular complexity index is 986. The summed E-state index contributed by atoms with van der Waals surface area (Å²) < 4.78 is 6.70. The second kappa shape index (κ2) is 8.06. The van der Waals surface area contributed by atoms with Crippen LogP contribution in [0.4, 0.5) is 10.5 Å². The standard InChI is InChI=1S/C21H20BrN3O5/c22-17-3-1-2-15(12-17)13-24-14-21(30-20(24)27)8-10-23(11-9-21)19(26)16-4-6-18(7-5-16)25(28)29/h1-7,12H,8-11,13-14H2. The lowest BCUT2D eigenvalue weighted by Gasteiger charge is -2.37. The van der Waals surface area contributed by atoms with Crippen molar-refractivity contribution in [2.75, 3.05) is 19.6 Å². The van der Waals surface area contributed by atoms with E-state index in [2.05, 4.69) is 15.9 Å². The van der Waals surface area contributed by atoms with Gasteiger partial charge in [0.15, 0.2) is 0 Å². The molecule has 0 unspecified atom stereocenters. The number of hydrogen-bond donors (Lipinski definition) is 0. The highest BCUT2D eigenvalue weighted by molar-refractivity contribution is 9.10. The Labute approximate surface area is 181 Å². The fourth-order valence-corrected chi connectivity index (χ4v) is 4.40. The van der Waals surface area contributed by atoms with Gasteiger partial charge in [-0.3, -0.25) is 19.8 Å². The predicted octanol–water partition coefficient (Wildman–Crippen LogP) is 3.98. The maximum absolute atomic E-state index is 12.7. The summed E-state index contributed by atoms with van der Waals surface area (Å²) in [5, 5.41) is 10.8. The molecule has 2 aliphatic rings. The number of nitrogens with zero attached hydrogens (tertiary/aromatic N) is 3. The molecule has 2 aliphatic heterocycles. The van der Waals surface area contributed by atoms with Crippen LogP contribution in [0, 0.1) is 10.1 Å². The number of carbonyl (C=O) groups excluding carboxylic acids is 2. The third kappa shape index (κ3) is 4.16. The lowest BCUT2D eigenvalue weighted by atomic mass is 9.91. The Hall–Kier alpha value is -2.94. The van der Waals surface area contributed by atoms with Gasteiger partial charge in [0.05, 0.1) is 11.5 Å². The first-order valence-corrected chi connectivity index (χ1v) is 10.4. The van der Waals surface area contributed by atoms with E-state index < -0.39 is 10.5 Å². The van der Waals surface area contributed by atoms with Crippen molar-refractivity contribution in [3.8, 4) is 0 Å². The van der Waals surface area contributed by atoms with Gasteiger partial charge in [-0.15, -0.1) is 0 Å². The van der Waals surface area contributed by atoms with E-state index in [0.717, 1.165) is 10.0 Å². The van der Waals surface area contributed by atoms with Crippen molar-refractivity contribution in [2.45, 2.75) is 25.0 Å². The second-order valence-corrected chi connectivity index (χ2v) is 8.55. The Morgan fingerprint density at radius 3 is 2.50 bits per heavy atom. The van der Waals surface area contributed by atoms with E-state index in [4.69, 9.17) is 4.74 Å². The maximum atomic E-state index is 12.7. The van der Waals surface area contributed by atoms with E-state index >= 15 is 0 Å².